The maximum atomic E-state index is 10.5. The number of nitrogens with zero attached hydrogens (tertiary/aromatic N) is 1. The van der Waals surface area contributed by atoms with Crippen LogP contribution in [0.1, 0.15) is 10.4 Å². The molecular formula is C7H4INO3. The number of carboxylic acids is 1. The largest absolute Gasteiger partial charge is 0.478 e. The standard InChI is InChI=1S/C7H4INO3/c8-6-2-1-4(9-12)3-5(6)7(10)11/h1-3H,(H,10,11). The third-order valence-electron chi connectivity index (χ3n) is 1.29. The smallest absolute Gasteiger partial charge is 0.336 e. The van der Waals surface area contributed by atoms with Gasteiger partial charge in [0.1, 0.15) is 5.69 Å². The van der Waals surface area contributed by atoms with Gasteiger partial charge in [-0.25, -0.2) is 4.79 Å². The van der Waals surface area contributed by atoms with Crippen LogP contribution in [-0.2, 0) is 0 Å². The molecule has 0 heterocycles. The fourth-order valence-electron chi connectivity index (χ4n) is 0.734. The number of carboxylic acid groups (broad SMARTS) is 1. The average molecular weight is 277 g/mol. The Hall–Kier alpha value is -0.980. The van der Waals surface area contributed by atoms with Crippen LogP contribution in [0.25, 0.3) is 0 Å². The molecule has 0 aromatic heterocycles. The Kier molecular flexibility index (Phi) is 2.74. The summed E-state index contributed by atoms with van der Waals surface area (Å²) in [7, 11) is 0. The Morgan fingerprint density at radius 1 is 1.50 bits per heavy atom. The van der Waals surface area contributed by atoms with Crippen LogP contribution in [0.15, 0.2) is 23.4 Å². The fraction of sp³-hybridized carbons (Fsp3) is 0. The van der Waals surface area contributed by atoms with Crippen molar-refractivity contribution in [3.05, 3.63) is 32.2 Å². The second-order valence-corrected chi connectivity index (χ2v) is 3.22. The summed E-state index contributed by atoms with van der Waals surface area (Å²) in [6, 6.07) is 4.26. The van der Waals surface area contributed by atoms with Crippen molar-refractivity contribution >= 4 is 34.2 Å². The molecule has 0 saturated heterocycles. The van der Waals surface area contributed by atoms with Crippen LogP contribution in [0.4, 0.5) is 5.69 Å². The Morgan fingerprint density at radius 2 is 2.17 bits per heavy atom. The number of nitroso groups, excluding NO2 is 1. The molecule has 4 nitrogen and oxygen atoms in total. The minimum Gasteiger partial charge on any atom is -0.478 e. The molecule has 5 heteroatoms. The minimum atomic E-state index is -1.05. The minimum absolute atomic E-state index is 0.104. The van der Waals surface area contributed by atoms with Gasteiger partial charge >= 0.3 is 5.97 Å². The van der Waals surface area contributed by atoms with Crippen molar-refractivity contribution in [1.82, 2.24) is 0 Å². The van der Waals surface area contributed by atoms with Gasteiger partial charge in [-0.2, -0.15) is 0 Å². The third kappa shape index (κ3) is 1.79. The number of carbonyl (C=O) groups is 1. The zero-order valence-corrected chi connectivity index (χ0v) is 7.98. The molecule has 0 aliphatic heterocycles. The number of hydrogen-bond donors (Lipinski definition) is 1. The van der Waals surface area contributed by atoms with Crippen molar-refractivity contribution < 1.29 is 9.90 Å². The van der Waals surface area contributed by atoms with Gasteiger partial charge in [-0.15, -0.1) is 4.91 Å². The zero-order chi connectivity index (χ0) is 9.14. The molecule has 0 aliphatic rings. The Labute approximate surface area is 81.7 Å². The molecule has 0 amide bonds. The summed E-state index contributed by atoms with van der Waals surface area (Å²) < 4.78 is 0.590. The van der Waals surface area contributed by atoms with Gasteiger partial charge in [-0.05, 0) is 46.0 Å². The molecule has 0 bridgehead atoms. The van der Waals surface area contributed by atoms with Gasteiger partial charge < -0.3 is 5.11 Å². The molecular weight excluding hydrogens is 273 g/mol. The lowest BCUT2D eigenvalue weighted by molar-refractivity contribution is 0.0696. The highest BCUT2D eigenvalue weighted by molar-refractivity contribution is 14.1. The molecule has 62 valence electrons. The van der Waals surface area contributed by atoms with Crippen molar-refractivity contribution in [3.63, 3.8) is 0 Å². The van der Waals surface area contributed by atoms with E-state index in [0.717, 1.165) is 0 Å². The third-order valence-corrected chi connectivity index (χ3v) is 2.23. The lowest BCUT2D eigenvalue weighted by Gasteiger charge is -1.97. The molecule has 0 fully saturated rings. The van der Waals surface area contributed by atoms with E-state index in [0.29, 0.717) is 3.57 Å². The molecule has 0 saturated carbocycles. The summed E-state index contributed by atoms with van der Waals surface area (Å²) in [4.78, 5) is 20.6. The monoisotopic (exact) mass is 277 g/mol. The second kappa shape index (κ2) is 3.61. The first-order valence-corrected chi connectivity index (χ1v) is 4.09. The molecule has 0 unspecified atom stereocenters. The fourth-order valence-corrected chi connectivity index (χ4v) is 1.30. The Bertz CT molecular complexity index is 337. The number of benzene rings is 1. The van der Waals surface area contributed by atoms with Crippen LogP contribution in [-0.4, -0.2) is 11.1 Å². The molecule has 1 rings (SSSR count). The second-order valence-electron chi connectivity index (χ2n) is 2.06. The lowest BCUT2D eigenvalue weighted by atomic mass is 10.2. The van der Waals surface area contributed by atoms with Gasteiger partial charge in [-0.1, -0.05) is 0 Å². The topological polar surface area (TPSA) is 66.7 Å². The zero-order valence-electron chi connectivity index (χ0n) is 5.82. The number of hydrogen-bond acceptors (Lipinski definition) is 3. The highest BCUT2D eigenvalue weighted by Gasteiger charge is 2.08. The van der Waals surface area contributed by atoms with Crippen molar-refractivity contribution in [2.24, 2.45) is 5.18 Å². The molecule has 0 atom stereocenters. The number of halogens is 1. The Morgan fingerprint density at radius 3 is 2.67 bits per heavy atom. The highest BCUT2D eigenvalue weighted by Crippen LogP contribution is 2.19. The first-order chi connectivity index (χ1) is 5.65. The van der Waals surface area contributed by atoms with E-state index < -0.39 is 5.97 Å². The highest BCUT2D eigenvalue weighted by atomic mass is 127. The predicted octanol–water partition coefficient (Wildman–Crippen LogP) is 2.39. The SMILES string of the molecule is O=Nc1ccc(I)c(C(=O)O)c1. The van der Waals surface area contributed by atoms with Gasteiger partial charge in [-0.3, -0.25) is 0 Å². The molecule has 12 heavy (non-hydrogen) atoms. The summed E-state index contributed by atoms with van der Waals surface area (Å²) in [5.74, 6) is -1.05. The summed E-state index contributed by atoms with van der Waals surface area (Å²) in [5, 5.41) is 11.3. The maximum absolute atomic E-state index is 10.5. The molecule has 1 N–H and O–H groups in total. The summed E-state index contributed by atoms with van der Waals surface area (Å²) in [6.45, 7) is 0. The van der Waals surface area contributed by atoms with E-state index in [1.807, 2.05) is 22.6 Å². The van der Waals surface area contributed by atoms with E-state index in [4.69, 9.17) is 5.11 Å². The average Bonchev–Trinajstić information content (AvgIpc) is 2.05. The molecule has 1 aromatic carbocycles. The molecule has 1 aromatic rings. The van der Waals surface area contributed by atoms with Crippen LogP contribution in [0, 0.1) is 8.48 Å². The predicted molar refractivity (Wildman–Crippen MR) is 51.6 cm³/mol. The summed E-state index contributed by atoms with van der Waals surface area (Å²) in [5.41, 5.74) is 0.237. The number of aromatic carboxylic acids is 1. The van der Waals surface area contributed by atoms with E-state index in [2.05, 4.69) is 5.18 Å². The lowest BCUT2D eigenvalue weighted by Crippen LogP contribution is -1.98. The normalized spacial score (nSPS) is 9.42. The van der Waals surface area contributed by atoms with Crippen LogP contribution in [0.3, 0.4) is 0 Å². The van der Waals surface area contributed by atoms with Crippen LogP contribution in [0.5, 0.6) is 0 Å². The van der Waals surface area contributed by atoms with E-state index >= 15 is 0 Å². The molecule has 0 spiro atoms. The van der Waals surface area contributed by atoms with Gasteiger partial charge in [0, 0.05) is 3.57 Å². The summed E-state index contributed by atoms with van der Waals surface area (Å²) in [6.07, 6.45) is 0. The van der Waals surface area contributed by atoms with E-state index in [-0.39, 0.29) is 11.3 Å². The molecule has 0 radical (unpaired) electrons. The van der Waals surface area contributed by atoms with Crippen LogP contribution < -0.4 is 0 Å². The van der Waals surface area contributed by atoms with Crippen molar-refractivity contribution in [2.45, 2.75) is 0 Å². The van der Waals surface area contributed by atoms with Gasteiger partial charge in [0.25, 0.3) is 0 Å². The summed E-state index contributed by atoms with van der Waals surface area (Å²) >= 11 is 1.88. The molecule has 0 aliphatic carbocycles. The van der Waals surface area contributed by atoms with Crippen molar-refractivity contribution in [1.29, 1.82) is 0 Å². The van der Waals surface area contributed by atoms with Crippen LogP contribution in [0.2, 0.25) is 0 Å². The van der Waals surface area contributed by atoms with Gasteiger partial charge in [0.2, 0.25) is 0 Å². The first kappa shape index (κ1) is 9.11. The van der Waals surface area contributed by atoms with Crippen molar-refractivity contribution in [3.8, 4) is 0 Å². The van der Waals surface area contributed by atoms with Gasteiger partial charge in [0.05, 0.1) is 5.56 Å². The number of rotatable bonds is 2. The quantitative estimate of drug-likeness (QED) is 0.666. The Balaban J connectivity index is 3.25. The van der Waals surface area contributed by atoms with Crippen molar-refractivity contribution in [2.75, 3.05) is 0 Å². The maximum Gasteiger partial charge on any atom is 0.336 e. The van der Waals surface area contributed by atoms with Gasteiger partial charge in [0.15, 0.2) is 0 Å². The van der Waals surface area contributed by atoms with E-state index in [9.17, 15) is 9.70 Å². The van der Waals surface area contributed by atoms with E-state index in [1.54, 1.807) is 6.07 Å². The first-order valence-electron chi connectivity index (χ1n) is 3.01. The van der Waals surface area contributed by atoms with E-state index in [1.165, 1.54) is 12.1 Å². The van der Waals surface area contributed by atoms with Crippen LogP contribution >= 0.6 is 22.6 Å².